The van der Waals surface area contributed by atoms with E-state index in [9.17, 15) is 17.6 Å². The maximum Gasteiger partial charge on any atom is 0.340 e. The lowest BCUT2D eigenvalue weighted by molar-refractivity contribution is 0.0473. The molecule has 0 heterocycles. The molecule has 0 saturated carbocycles. The number of carbonyl (C=O) groups is 1. The minimum absolute atomic E-state index is 0.0432. The summed E-state index contributed by atoms with van der Waals surface area (Å²) in [6.45, 7) is 5.45. The second kappa shape index (κ2) is 8.92. The number of ether oxygens (including phenoxy) is 1. The van der Waals surface area contributed by atoms with E-state index in [0.29, 0.717) is 11.1 Å². The number of carbonyl (C=O) groups excluding carboxylic acids is 1. The van der Waals surface area contributed by atoms with Crippen molar-refractivity contribution in [2.75, 3.05) is 4.72 Å². The number of nitrogens with one attached hydrogen (secondary N) is 1. The fourth-order valence-electron chi connectivity index (χ4n) is 2.91. The SMILES string of the molecule is C=Cc1ccc(NS(=O)(=O)c2ccc(F)cc2)c(C(=O)OCc2ccccc2)c1C. The van der Waals surface area contributed by atoms with Gasteiger partial charge in [0, 0.05) is 0 Å². The van der Waals surface area contributed by atoms with Crippen molar-refractivity contribution in [1.29, 1.82) is 0 Å². The van der Waals surface area contributed by atoms with Gasteiger partial charge < -0.3 is 4.74 Å². The number of rotatable bonds is 7. The Hall–Kier alpha value is -3.45. The molecule has 154 valence electrons. The molecular weight excluding hydrogens is 405 g/mol. The number of benzene rings is 3. The predicted molar refractivity (Wildman–Crippen MR) is 114 cm³/mol. The summed E-state index contributed by atoms with van der Waals surface area (Å²) in [5.74, 6) is -1.22. The Balaban J connectivity index is 1.94. The Labute approximate surface area is 174 Å². The summed E-state index contributed by atoms with van der Waals surface area (Å²) < 4.78 is 46.4. The largest absolute Gasteiger partial charge is 0.457 e. The quantitative estimate of drug-likeness (QED) is 0.545. The lowest BCUT2D eigenvalue weighted by Gasteiger charge is -2.16. The Morgan fingerprint density at radius 2 is 1.73 bits per heavy atom. The van der Waals surface area contributed by atoms with Crippen molar-refractivity contribution < 1.29 is 22.3 Å². The van der Waals surface area contributed by atoms with Crippen molar-refractivity contribution in [1.82, 2.24) is 0 Å². The summed E-state index contributed by atoms with van der Waals surface area (Å²) in [5.41, 5.74) is 2.17. The van der Waals surface area contributed by atoms with Crippen molar-refractivity contribution in [3.63, 3.8) is 0 Å². The molecule has 0 saturated heterocycles. The molecule has 0 atom stereocenters. The van der Waals surface area contributed by atoms with Gasteiger partial charge >= 0.3 is 5.97 Å². The molecule has 3 rings (SSSR count). The molecule has 5 nitrogen and oxygen atoms in total. The zero-order chi connectivity index (χ0) is 21.7. The third-order valence-corrected chi connectivity index (χ3v) is 5.89. The molecule has 0 amide bonds. The second-order valence-electron chi connectivity index (χ2n) is 6.53. The molecule has 0 aliphatic heterocycles. The molecular formula is C23H20FNO4S. The molecule has 0 aliphatic carbocycles. The monoisotopic (exact) mass is 425 g/mol. The predicted octanol–water partition coefficient (Wildman–Crippen LogP) is 4.93. The van der Waals surface area contributed by atoms with E-state index in [1.165, 1.54) is 6.07 Å². The van der Waals surface area contributed by atoms with Crippen LogP contribution in [0.4, 0.5) is 10.1 Å². The smallest absolute Gasteiger partial charge is 0.340 e. The summed E-state index contributed by atoms with van der Waals surface area (Å²) in [6.07, 6.45) is 1.57. The zero-order valence-corrected chi connectivity index (χ0v) is 17.1. The highest BCUT2D eigenvalue weighted by Gasteiger charge is 2.22. The molecule has 30 heavy (non-hydrogen) atoms. The van der Waals surface area contributed by atoms with E-state index in [0.717, 1.165) is 29.8 Å². The average Bonchev–Trinajstić information content (AvgIpc) is 2.73. The van der Waals surface area contributed by atoms with Crippen LogP contribution in [0.2, 0.25) is 0 Å². The van der Waals surface area contributed by atoms with Crippen LogP contribution in [0.25, 0.3) is 6.08 Å². The number of hydrogen-bond donors (Lipinski definition) is 1. The standard InChI is InChI=1S/C23H20FNO4S/c1-3-18-9-14-21(25-30(27,28)20-12-10-19(24)11-13-20)22(16(18)2)23(26)29-15-17-7-5-4-6-8-17/h3-14,25H,1,15H2,2H3. The lowest BCUT2D eigenvalue weighted by Crippen LogP contribution is -2.18. The van der Waals surface area contributed by atoms with Gasteiger partial charge in [-0.25, -0.2) is 17.6 Å². The van der Waals surface area contributed by atoms with E-state index in [1.54, 1.807) is 19.1 Å². The molecule has 0 radical (unpaired) electrons. The molecule has 0 bridgehead atoms. The average molecular weight is 425 g/mol. The minimum atomic E-state index is -4.04. The van der Waals surface area contributed by atoms with E-state index >= 15 is 0 Å². The third-order valence-electron chi connectivity index (χ3n) is 4.51. The molecule has 0 aliphatic rings. The van der Waals surface area contributed by atoms with E-state index in [1.807, 2.05) is 30.3 Å². The van der Waals surface area contributed by atoms with Crippen molar-refractivity contribution in [3.8, 4) is 0 Å². The molecule has 3 aromatic rings. The van der Waals surface area contributed by atoms with Crippen LogP contribution in [-0.2, 0) is 21.4 Å². The normalized spacial score (nSPS) is 11.0. The van der Waals surface area contributed by atoms with E-state index < -0.39 is 21.8 Å². The molecule has 0 spiro atoms. The van der Waals surface area contributed by atoms with Crippen LogP contribution in [-0.4, -0.2) is 14.4 Å². The molecule has 0 fully saturated rings. The zero-order valence-electron chi connectivity index (χ0n) is 16.3. The van der Waals surface area contributed by atoms with Crippen LogP contribution < -0.4 is 4.72 Å². The second-order valence-corrected chi connectivity index (χ2v) is 8.21. The van der Waals surface area contributed by atoms with E-state index in [2.05, 4.69) is 11.3 Å². The van der Waals surface area contributed by atoms with Gasteiger partial charge in [-0.2, -0.15) is 0 Å². The van der Waals surface area contributed by atoms with Gasteiger partial charge in [0.1, 0.15) is 12.4 Å². The topological polar surface area (TPSA) is 72.5 Å². The fourth-order valence-corrected chi connectivity index (χ4v) is 3.98. The Kier molecular flexibility index (Phi) is 6.32. The first-order valence-corrected chi connectivity index (χ1v) is 10.6. The fraction of sp³-hybridized carbons (Fsp3) is 0.0870. The highest BCUT2D eigenvalue weighted by atomic mass is 32.2. The van der Waals surface area contributed by atoms with Crippen LogP contribution in [0, 0.1) is 12.7 Å². The van der Waals surface area contributed by atoms with Crippen LogP contribution in [0.15, 0.2) is 78.2 Å². The minimum Gasteiger partial charge on any atom is -0.457 e. The molecule has 0 unspecified atom stereocenters. The van der Waals surface area contributed by atoms with E-state index in [-0.39, 0.29) is 22.8 Å². The molecule has 3 aromatic carbocycles. The van der Waals surface area contributed by atoms with Crippen molar-refractivity contribution >= 4 is 27.8 Å². The Morgan fingerprint density at radius 3 is 2.37 bits per heavy atom. The Bertz CT molecular complexity index is 1170. The summed E-state index contributed by atoms with van der Waals surface area (Å²) in [5, 5.41) is 0. The van der Waals surface area contributed by atoms with E-state index in [4.69, 9.17) is 4.74 Å². The van der Waals surface area contributed by atoms with Gasteiger partial charge in [0.25, 0.3) is 10.0 Å². The summed E-state index contributed by atoms with van der Waals surface area (Å²) in [6, 6.07) is 16.7. The number of sulfonamides is 1. The van der Waals surface area contributed by atoms with Crippen LogP contribution in [0.5, 0.6) is 0 Å². The molecule has 0 aromatic heterocycles. The number of halogens is 1. The van der Waals surface area contributed by atoms with Crippen molar-refractivity contribution in [2.45, 2.75) is 18.4 Å². The first-order chi connectivity index (χ1) is 14.3. The lowest BCUT2D eigenvalue weighted by atomic mass is 10.0. The van der Waals surface area contributed by atoms with Gasteiger partial charge in [-0.1, -0.05) is 49.1 Å². The number of anilines is 1. The summed E-state index contributed by atoms with van der Waals surface area (Å²) in [7, 11) is -4.04. The highest BCUT2D eigenvalue weighted by Crippen LogP contribution is 2.27. The first kappa shape index (κ1) is 21.3. The van der Waals surface area contributed by atoms with Crippen molar-refractivity contribution in [2.24, 2.45) is 0 Å². The summed E-state index contributed by atoms with van der Waals surface area (Å²) in [4.78, 5) is 12.7. The van der Waals surface area contributed by atoms with Gasteiger partial charge in [-0.15, -0.1) is 0 Å². The third kappa shape index (κ3) is 4.75. The molecule has 1 N–H and O–H groups in total. The maximum atomic E-state index is 13.1. The number of esters is 1. The highest BCUT2D eigenvalue weighted by molar-refractivity contribution is 7.92. The number of hydrogen-bond acceptors (Lipinski definition) is 4. The summed E-state index contributed by atoms with van der Waals surface area (Å²) >= 11 is 0. The van der Waals surface area contributed by atoms with Crippen LogP contribution in [0.1, 0.15) is 27.0 Å². The van der Waals surface area contributed by atoms with Gasteiger partial charge in [-0.3, -0.25) is 4.72 Å². The first-order valence-electron chi connectivity index (χ1n) is 9.07. The van der Waals surface area contributed by atoms with Gasteiger partial charge in [-0.05, 0) is 53.9 Å². The van der Waals surface area contributed by atoms with Crippen LogP contribution in [0.3, 0.4) is 0 Å². The van der Waals surface area contributed by atoms with Crippen LogP contribution >= 0.6 is 0 Å². The van der Waals surface area contributed by atoms with Gasteiger partial charge in [0.2, 0.25) is 0 Å². The maximum absolute atomic E-state index is 13.1. The van der Waals surface area contributed by atoms with Gasteiger partial charge in [0.15, 0.2) is 0 Å². The molecule has 7 heteroatoms. The Morgan fingerprint density at radius 1 is 1.07 bits per heavy atom. The van der Waals surface area contributed by atoms with Crippen molar-refractivity contribution in [3.05, 3.63) is 101 Å². The van der Waals surface area contributed by atoms with Gasteiger partial charge in [0.05, 0.1) is 16.1 Å².